The van der Waals surface area contributed by atoms with Gasteiger partial charge in [-0.3, -0.25) is 4.79 Å². The van der Waals surface area contributed by atoms with Gasteiger partial charge in [0.15, 0.2) is 11.5 Å². The van der Waals surface area contributed by atoms with Crippen LogP contribution in [0.4, 0.5) is 4.39 Å². The number of hydrogen-bond donors (Lipinski definition) is 1. The Balaban J connectivity index is 1.42. The summed E-state index contributed by atoms with van der Waals surface area (Å²) in [4.78, 5) is 14.4. The molecule has 1 N–H and O–H groups in total. The molecule has 0 aromatic heterocycles. The van der Waals surface area contributed by atoms with E-state index < -0.39 is 16.1 Å². The third-order valence-corrected chi connectivity index (χ3v) is 6.61. The standard InChI is InChI=1S/C21H23FN2O5S/c22-16-6-4-15(5-7-16)13-23-30(26,27)17-8-9-18-19(12-17)28-14-20(29-18)21(25)24-10-2-1-3-11-24/h4-9,12,20,23H,1-3,10-11,13-14H2. The van der Waals surface area contributed by atoms with Gasteiger partial charge in [-0.15, -0.1) is 0 Å². The summed E-state index contributed by atoms with van der Waals surface area (Å²) in [6, 6.07) is 9.86. The van der Waals surface area contributed by atoms with E-state index in [1.165, 1.54) is 42.5 Å². The van der Waals surface area contributed by atoms with Crippen LogP contribution < -0.4 is 14.2 Å². The Morgan fingerprint density at radius 3 is 2.53 bits per heavy atom. The summed E-state index contributed by atoms with van der Waals surface area (Å²) in [5.41, 5.74) is 0.636. The van der Waals surface area contributed by atoms with Gasteiger partial charge in [-0.1, -0.05) is 12.1 Å². The van der Waals surface area contributed by atoms with E-state index >= 15 is 0 Å². The van der Waals surface area contributed by atoms with Crippen molar-refractivity contribution in [1.29, 1.82) is 0 Å². The molecule has 1 atom stereocenters. The molecular weight excluding hydrogens is 411 g/mol. The average molecular weight is 434 g/mol. The molecule has 4 rings (SSSR count). The second kappa shape index (κ2) is 8.61. The van der Waals surface area contributed by atoms with E-state index in [1.54, 1.807) is 4.90 Å². The molecule has 0 bridgehead atoms. The van der Waals surface area contributed by atoms with E-state index in [0.717, 1.165) is 32.4 Å². The number of ether oxygens (including phenoxy) is 2. The Morgan fingerprint density at radius 2 is 1.80 bits per heavy atom. The summed E-state index contributed by atoms with van der Waals surface area (Å²) in [5, 5.41) is 0. The second-order valence-electron chi connectivity index (χ2n) is 7.36. The lowest BCUT2D eigenvalue weighted by molar-refractivity contribution is -0.142. The predicted molar refractivity (Wildman–Crippen MR) is 107 cm³/mol. The minimum atomic E-state index is -3.80. The summed E-state index contributed by atoms with van der Waals surface area (Å²) in [6.45, 7) is 1.52. The number of rotatable bonds is 5. The quantitative estimate of drug-likeness (QED) is 0.782. The van der Waals surface area contributed by atoms with Gasteiger partial charge in [0.05, 0.1) is 4.90 Å². The summed E-state index contributed by atoms with van der Waals surface area (Å²) < 4.78 is 52.1. The predicted octanol–water partition coefficient (Wildman–Crippen LogP) is 2.46. The molecule has 30 heavy (non-hydrogen) atoms. The van der Waals surface area contributed by atoms with E-state index in [-0.39, 0.29) is 35.5 Å². The van der Waals surface area contributed by atoms with Crippen LogP contribution in [-0.2, 0) is 21.4 Å². The van der Waals surface area contributed by atoms with Crippen LogP contribution in [0.2, 0.25) is 0 Å². The smallest absolute Gasteiger partial charge is 0.267 e. The monoisotopic (exact) mass is 434 g/mol. The molecule has 2 aromatic carbocycles. The highest BCUT2D eigenvalue weighted by atomic mass is 32.2. The number of halogens is 1. The number of sulfonamides is 1. The van der Waals surface area contributed by atoms with Crippen LogP contribution in [0.5, 0.6) is 11.5 Å². The first-order valence-corrected chi connectivity index (χ1v) is 11.4. The normalized spacial score (nSPS) is 18.8. The lowest BCUT2D eigenvalue weighted by Crippen LogP contribution is -2.48. The third-order valence-electron chi connectivity index (χ3n) is 5.21. The molecule has 0 aliphatic carbocycles. The number of fused-ring (bicyclic) bond motifs is 1. The molecule has 0 radical (unpaired) electrons. The van der Waals surface area contributed by atoms with E-state index in [0.29, 0.717) is 11.3 Å². The van der Waals surface area contributed by atoms with Crippen molar-refractivity contribution in [3.8, 4) is 11.5 Å². The number of hydrogen-bond acceptors (Lipinski definition) is 5. The maximum Gasteiger partial charge on any atom is 0.267 e. The molecule has 2 aliphatic rings. The Labute approximate surface area is 174 Å². The Morgan fingerprint density at radius 1 is 1.07 bits per heavy atom. The molecular formula is C21H23FN2O5S. The largest absolute Gasteiger partial charge is 0.485 e. The number of nitrogens with zero attached hydrogens (tertiary/aromatic N) is 1. The van der Waals surface area contributed by atoms with Crippen LogP contribution in [0.15, 0.2) is 47.4 Å². The van der Waals surface area contributed by atoms with E-state index in [4.69, 9.17) is 9.47 Å². The SMILES string of the molecule is O=C(C1COc2cc(S(=O)(=O)NCc3ccc(F)cc3)ccc2O1)N1CCCCC1. The van der Waals surface area contributed by atoms with Crippen LogP contribution >= 0.6 is 0 Å². The maximum atomic E-state index is 13.0. The zero-order chi connectivity index (χ0) is 21.1. The van der Waals surface area contributed by atoms with Crippen molar-refractivity contribution in [2.45, 2.75) is 36.8 Å². The molecule has 1 saturated heterocycles. The third kappa shape index (κ3) is 4.57. The molecule has 1 amide bonds. The van der Waals surface area contributed by atoms with Crippen LogP contribution in [0.3, 0.4) is 0 Å². The molecule has 2 aromatic rings. The van der Waals surface area contributed by atoms with Gasteiger partial charge in [0, 0.05) is 25.7 Å². The molecule has 1 fully saturated rings. The zero-order valence-electron chi connectivity index (χ0n) is 16.3. The molecule has 160 valence electrons. The fraction of sp³-hybridized carbons (Fsp3) is 0.381. The van der Waals surface area contributed by atoms with Gasteiger partial charge in [0.1, 0.15) is 12.4 Å². The highest BCUT2D eigenvalue weighted by Gasteiger charge is 2.32. The molecule has 0 saturated carbocycles. The number of piperidine rings is 1. The van der Waals surface area contributed by atoms with E-state index in [1.807, 2.05) is 0 Å². The number of likely N-dealkylation sites (tertiary alicyclic amines) is 1. The maximum absolute atomic E-state index is 13.0. The van der Waals surface area contributed by atoms with Crippen molar-refractivity contribution >= 4 is 15.9 Å². The van der Waals surface area contributed by atoms with Crippen LogP contribution in [0.25, 0.3) is 0 Å². The number of carbonyl (C=O) groups is 1. The van der Waals surface area contributed by atoms with Crippen LogP contribution in [-0.4, -0.2) is 45.0 Å². The first-order valence-electron chi connectivity index (χ1n) is 9.89. The zero-order valence-corrected chi connectivity index (χ0v) is 17.2. The van der Waals surface area contributed by atoms with Crippen LogP contribution in [0, 0.1) is 5.82 Å². The second-order valence-corrected chi connectivity index (χ2v) is 9.13. The minimum absolute atomic E-state index is 0.0211. The number of amides is 1. The van der Waals surface area contributed by atoms with E-state index in [9.17, 15) is 17.6 Å². The fourth-order valence-electron chi connectivity index (χ4n) is 3.52. The fourth-order valence-corrected chi connectivity index (χ4v) is 4.55. The van der Waals surface area contributed by atoms with Gasteiger partial charge in [0.25, 0.3) is 5.91 Å². The average Bonchev–Trinajstić information content (AvgIpc) is 2.78. The van der Waals surface area contributed by atoms with Crippen molar-refractivity contribution in [1.82, 2.24) is 9.62 Å². The summed E-state index contributed by atoms with van der Waals surface area (Å²) in [6.07, 6.45) is 2.38. The highest BCUT2D eigenvalue weighted by Crippen LogP contribution is 2.34. The van der Waals surface area contributed by atoms with Gasteiger partial charge in [0.2, 0.25) is 16.1 Å². The lowest BCUT2D eigenvalue weighted by atomic mass is 10.1. The summed E-state index contributed by atoms with van der Waals surface area (Å²) in [7, 11) is -3.80. The van der Waals surface area contributed by atoms with Gasteiger partial charge in [-0.2, -0.15) is 0 Å². The summed E-state index contributed by atoms with van der Waals surface area (Å²) in [5.74, 6) is 0.139. The molecule has 7 nitrogen and oxygen atoms in total. The van der Waals surface area contributed by atoms with Crippen molar-refractivity contribution in [3.63, 3.8) is 0 Å². The van der Waals surface area contributed by atoms with Crippen molar-refractivity contribution in [3.05, 3.63) is 53.8 Å². The lowest BCUT2D eigenvalue weighted by Gasteiger charge is -2.32. The van der Waals surface area contributed by atoms with Crippen molar-refractivity contribution in [2.24, 2.45) is 0 Å². The number of benzene rings is 2. The van der Waals surface area contributed by atoms with Gasteiger partial charge < -0.3 is 14.4 Å². The Hall–Kier alpha value is -2.65. The Bertz CT molecular complexity index is 1020. The highest BCUT2D eigenvalue weighted by molar-refractivity contribution is 7.89. The Kier molecular flexibility index (Phi) is 5.92. The van der Waals surface area contributed by atoms with Crippen LogP contribution in [0.1, 0.15) is 24.8 Å². The van der Waals surface area contributed by atoms with Gasteiger partial charge in [-0.05, 0) is 49.1 Å². The van der Waals surface area contributed by atoms with Gasteiger partial charge >= 0.3 is 0 Å². The molecule has 9 heteroatoms. The first-order chi connectivity index (χ1) is 14.4. The van der Waals surface area contributed by atoms with E-state index in [2.05, 4.69) is 4.72 Å². The topological polar surface area (TPSA) is 84.9 Å². The minimum Gasteiger partial charge on any atom is -0.485 e. The summed E-state index contributed by atoms with van der Waals surface area (Å²) >= 11 is 0. The van der Waals surface area contributed by atoms with Crippen molar-refractivity contribution in [2.75, 3.05) is 19.7 Å². The molecule has 0 spiro atoms. The molecule has 2 aliphatic heterocycles. The molecule has 2 heterocycles. The van der Waals surface area contributed by atoms with Crippen molar-refractivity contribution < 1.29 is 27.1 Å². The van der Waals surface area contributed by atoms with Gasteiger partial charge in [-0.25, -0.2) is 17.5 Å². The number of carbonyl (C=O) groups excluding carboxylic acids is 1. The first kappa shape index (κ1) is 20.6. The number of nitrogens with one attached hydrogen (secondary N) is 1. The molecule has 1 unspecified atom stereocenters.